The Labute approximate surface area is 178 Å². The van der Waals surface area contributed by atoms with Crippen LogP contribution in [0.4, 0.5) is 0 Å². The molecular weight excluding hydrogens is 376 g/mol. The van der Waals surface area contributed by atoms with Crippen molar-refractivity contribution in [2.75, 3.05) is 32.7 Å². The topological polar surface area (TPSA) is 69.9 Å². The Hall–Kier alpha value is -2.70. The van der Waals surface area contributed by atoms with Crippen LogP contribution in [0.15, 0.2) is 48.5 Å². The van der Waals surface area contributed by atoms with Gasteiger partial charge in [-0.15, -0.1) is 0 Å². The summed E-state index contributed by atoms with van der Waals surface area (Å²) < 4.78 is 0. The zero-order chi connectivity index (χ0) is 21.1. The number of carbonyl (C=O) groups excluding carboxylic acids is 2. The van der Waals surface area contributed by atoms with Crippen LogP contribution in [0.5, 0.6) is 0 Å². The Bertz CT molecular complexity index is 921. The van der Waals surface area contributed by atoms with E-state index in [-0.39, 0.29) is 18.4 Å². The minimum Gasteiger partial charge on any atom is -0.368 e. The first kappa shape index (κ1) is 20.6. The van der Waals surface area contributed by atoms with Gasteiger partial charge in [-0.2, -0.15) is 0 Å². The van der Waals surface area contributed by atoms with E-state index in [9.17, 15) is 9.59 Å². The van der Waals surface area contributed by atoms with E-state index in [0.29, 0.717) is 13.0 Å². The number of nitrogens with zero attached hydrogens (tertiary/aromatic N) is 3. The molecule has 2 amide bonds. The van der Waals surface area contributed by atoms with Crippen LogP contribution >= 0.6 is 0 Å². The highest BCUT2D eigenvalue weighted by molar-refractivity contribution is 5.83. The Morgan fingerprint density at radius 3 is 2.43 bits per heavy atom. The van der Waals surface area contributed by atoms with Crippen LogP contribution in [0.25, 0.3) is 0 Å². The van der Waals surface area contributed by atoms with Crippen LogP contribution in [0.1, 0.15) is 22.3 Å². The van der Waals surface area contributed by atoms with Crippen molar-refractivity contribution in [1.29, 1.82) is 0 Å². The number of hydrogen-bond donors (Lipinski definition) is 1. The molecule has 2 aromatic carbocycles. The summed E-state index contributed by atoms with van der Waals surface area (Å²) in [5.41, 5.74) is 10.6. The molecule has 2 aliphatic rings. The molecule has 0 radical (unpaired) electrons. The third-order valence-corrected chi connectivity index (χ3v) is 6.23. The second-order valence-corrected chi connectivity index (χ2v) is 8.44. The van der Waals surface area contributed by atoms with E-state index in [1.807, 2.05) is 28.0 Å². The Morgan fingerprint density at radius 1 is 1.00 bits per heavy atom. The third kappa shape index (κ3) is 4.71. The number of primary amides is 1. The Balaban J connectivity index is 1.33. The van der Waals surface area contributed by atoms with Gasteiger partial charge < -0.3 is 10.6 Å². The molecule has 6 heteroatoms. The average Bonchev–Trinajstić information content (AvgIpc) is 2.73. The minimum absolute atomic E-state index is 0.0795. The molecule has 2 N–H and O–H groups in total. The molecule has 30 heavy (non-hydrogen) atoms. The first-order valence-electron chi connectivity index (χ1n) is 10.7. The molecule has 2 aliphatic heterocycles. The van der Waals surface area contributed by atoms with Gasteiger partial charge >= 0.3 is 0 Å². The predicted molar refractivity (Wildman–Crippen MR) is 117 cm³/mol. The van der Waals surface area contributed by atoms with E-state index in [1.54, 1.807) is 0 Å². The number of amides is 2. The van der Waals surface area contributed by atoms with Crippen molar-refractivity contribution in [2.24, 2.45) is 5.73 Å². The van der Waals surface area contributed by atoms with Gasteiger partial charge in [-0.05, 0) is 30.0 Å². The number of carbonyl (C=O) groups is 2. The second-order valence-electron chi connectivity index (χ2n) is 8.44. The minimum atomic E-state index is -0.425. The highest BCUT2D eigenvalue weighted by Gasteiger charge is 2.32. The predicted octanol–water partition coefficient (Wildman–Crippen LogP) is 1.55. The van der Waals surface area contributed by atoms with Gasteiger partial charge in [-0.1, -0.05) is 54.1 Å². The van der Waals surface area contributed by atoms with Gasteiger partial charge in [-0.3, -0.25) is 19.4 Å². The standard InChI is InChI=1S/C24H30N4O2/c1-18-5-4-6-19(13-18)15-26-9-11-27(12-10-26)23(29)17-28-16-21-8-3-2-7-20(21)14-22(28)24(25)30/h2-8,13,22H,9-12,14-17H2,1H3,(H2,25,30). The van der Waals surface area contributed by atoms with Crippen LogP contribution < -0.4 is 5.73 Å². The zero-order valence-electron chi connectivity index (χ0n) is 17.6. The first-order chi connectivity index (χ1) is 14.5. The van der Waals surface area contributed by atoms with Gasteiger partial charge in [0.25, 0.3) is 0 Å². The van der Waals surface area contributed by atoms with Gasteiger partial charge in [0, 0.05) is 39.3 Å². The molecule has 0 aromatic heterocycles. The van der Waals surface area contributed by atoms with Crippen molar-refractivity contribution in [3.63, 3.8) is 0 Å². The highest BCUT2D eigenvalue weighted by Crippen LogP contribution is 2.23. The van der Waals surface area contributed by atoms with Gasteiger partial charge in [-0.25, -0.2) is 0 Å². The maximum Gasteiger partial charge on any atom is 0.236 e. The van der Waals surface area contributed by atoms with E-state index in [1.165, 1.54) is 16.7 Å². The number of piperazine rings is 1. The molecule has 1 fully saturated rings. The Kier molecular flexibility index (Phi) is 6.16. The van der Waals surface area contributed by atoms with Crippen LogP contribution in [-0.4, -0.2) is 65.3 Å². The zero-order valence-corrected chi connectivity index (χ0v) is 17.6. The van der Waals surface area contributed by atoms with Crippen LogP contribution in [0.3, 0.4) is 0 Å². The fraction of sp³-hybridized carbons (Fsp3) is 0.417. The quantitative estimate of drug-likeness (QED) is 0.818. The van der Waals surface area contributed by atoms with Crippen molar-refractivity contribution in [2.45, 2.75) is 32.5 Å². The number of nitrogens with two attached hydrogens (primary N) is 1. The molecule has 2 aromatic rings. The summed E-state index contributed by atoms with van der Waals surface area (Å²) in [6.45, 7) is 7.01. The van der Waals surface area contributed by atoms with Crippen molar-refractivity contribution < 1.29 is 9.59 Å². The highest BCUT2D eigenvalue weighted by atomic mass is 16.2. The summed E-state index contributed by atoms with van der Waals surface area (Å²) in [7, 11) is 0. The number of fused-ring (bicyclic) bond motifs is 1. The van der Waals surface area contributed by atoms with Crippen molar-refractivity contribution in [3.8, 4) is 0 Å². The van der Waals surface area contributed by atoms with Crippen molar-refractivity contribution in [3.05, 3.63) is 70.8 Å². The maximum absolute atomic E-state index is 13.0. The lowest BCUT2D eigenvalue weighted by Gasteiger charge is -2.38. The number of aryl methyl sites for hydroxylation is 1. The SMILES string of the molecule is Cc1cccc(CN2CCN(C(=O)CN3Cc4ccccc4CC3C(N)=O)CC2)c1. The lowest BCUT2D eigenvalue weighted by atomic mass is 9.93. The van der Waals surface area contributed by atoms with Crippen LogP contribution in [0.2, 0.25) is 0 Å². The van der Waals surface area contributed by atoms with Crippen LogP contribution in [-0.2, 0) is 29.1 Å². The average molecular weight is 407 g/mol. The number of hydrogen-bond acceptors (Lipinski definition) is 4. The van der Waals surface area contributed by atoms with E-state index in [0.717, 1.165) is 38.3 Å². The Morgan fingerprint density at radius 2 is 1.73 bits per heavy atom. The summed E-state index contributed by atoms with van der Waals surface area (Å²) in [5, 5.41) is 0. The first-order valence-corrected chi connectivity index (χ1v) is 10.7. The molecule has 1 unspecified atom stereocenters. The molecule has 0 spiro atoms. The summed E-state index contributed by atoms with van der Waals surface area (Å²) in [4.78, 5) is 31.2. The number of benzene rings is 2. The van der Waals surface area contributed by atoms with E-state index >= 15 is 0 Å². The largest absolute Gasteiger partial charge is 0.368 e. The van der Waals surface area contributed by atoms with E-state index in [4.69, 9.17) is 5.73 Å². The maximum atomic E-state index is 13.0. The molecule has 4 rings (SSSR count). The third-order valence-electron chi connectivity index (χ3n) is 6.23. The van der Waals surface area contributed by atoms with Crippen molar-refractivity contribution in [1.82, 2.24) is 14.7 Å². The molecule has 2 heterocycles. The molecule has 0 aliphatic carbocycles. The van der Waals surface area contributed by atoms with Gasteiger partial charge in [0.05, 0.1) is 12.6 Å². The molecular formula is C24H30N4O2. The molecule has 158 valence electrons. The van der Waals surface area contributed by atoms with Crippen molar-refractivity contribution >= 4 is 11.8 Å². The van der Waals surface area contributed by atoms with E-state index < -0.39 is 6.04 Å². The fourth-order valence-electron chi connectivity index (χ4n) is 4.52. The summed E-state index contributed by atoms with van der Waals surface area (Å²) in [6.07, 6.45) is 0.572. The second kappa shape index (κ2) is 8.98. The van der Waals surface area contributed by atoms with Gasteiger partial charge in [0.2, 0.25) is 11.8 Å². The lowest BCUT2D eigenvalue weighted by molar-refractivity contribution is -0.136. The monoisotopic (exact) mass is 406 g/mol. The van der Waals surface area contributed by atoms with E-state index in [2.05, 4.69) is 42.2 Å². The van der Waals surface area contributed by atoms with Gasteiger partial charge in [0.1, 0.15) is 0 Å². The lowest BCUT2D eigenvalue weighted by Crippen LogP contribution is -2.55. The summed E-state index contributed by atoms with van der Waals surface area (Å²) >= 11 is 0. The molecule has 0 saturated carbocycles. The molecule has 6 nitrogen and oxygen atoms in total. The smallest absolute Gasteiger partial charge is 0.236 e. The fourth-order valence-corrected chi connectivity index (χ4v) is 4.52. The number of rotatable bonds is 5. The normalized spacial score (nSPS) is 20.0. The van der Waals surface area contributed by atoms with Gasteiger partial charge in [0.15, 0.2) is 0 Å². The summed E-state index contributed by atoms with van der Waals surface area (Å²) in [5.74, 6) is -0.281. The molecule has 1 saturated heterocycles. The molecule has 0 bridgehead atoms. The molecule has 1 atom stereocenters. The van der Waals surface area contributed by atoms with Crippen LogP contribution in [0, 0.1) is 6.92 Å². The summed E-state index contributed by atoms with van der Waals surface area (Å²) in [6, 6.07) is 16.2.